The van der Waals surface area contributed by atoms with E-state index in [9.17, 15) is 9.59 Å². The first-order valence-electron chi connectivity index (χ1n) is 4.02. The lowest BCUT2D eigenvalue weighted by Crippen LogP contribution is -2.01. The Labute approximate surface area is 88.6 Å². The standard InChI is InChI=1S/C9H6ClNO4/c1-14-8(12)4-2-6-7(3-5(4)10)15-9(13)11-6/h2-3H,1H3,(H,11,13). The van der Waals surface area contributed by atoms with Crippen LogP contribution in [0, 0.1) is 0 Å². The molecule has 1 N–H and O–H groups in total. The number of hydrogen-bond acceptors (Lipinski definition) is 4. The molecule has 15 heavy (non-hydrogen) atoms. The Morgan fingerprint density at radius 1 is 1.53 bits per heavy atom. The van der Waals surface area contributed by atoms with E-state index in [-0.39, 0.29) is 10.6 Å². The number of halogens is 1. The number of rotatable bonds is 1. The summed E-state index contributed by atoms with van der Waals surface area (Å²) in [4.78, 5) is 24.5. The molecule has 0 aliphatic rings. The fourth-order valence-electron chi connectivity index (χ4n) is 1.24. The van der Waals surface area contributed by atoms with Gasteiger partial charge >= 0.3 is 11.7 Å². The maximum Gasteiger partial charge on any atom is 0.417 e. The van der Waals surface area contributed by atoms with Crippen molar-refractivity contribution in [1.29, 1.82) is 0 Å². The molecule has 5 nitrogen and oxygen atoms in total. The average molecular weight is 228 g/mol. The highest BCUT2D eigenvalue weighted by Crippen LogP contribution is 2.22. The molecule has 0 amide bonds. The first kappa shape index (κ1) is 9.79. The van der Waals surface area contributed by atoms with Gasteiger partial charge in [0.2, 0.25) is 0 Å². The minimum absolute atomic E-state index is 0.178. The number of nitrogens with one attached hydrogen (secondary N) is 1. The molecule has 6 heteroatoms. The van der Waals surface area contributed by atoms with Crippen LogP contribution in [0.15, 0.2) is 21.3 Å². The van der Waals surface area contributed by atoms with Crippen LogP contribution in [-0.2, 0) is 4.74 Å². The molecular weight excluding hydrogens is 222 g/mol. The number of aromatic amines is 1. The van der Waals surface area contributed by atoms with Crippen molar-refractivity contribution in [3.05, 3.63) is 33.3 Å². The highest BCUT2D eigenvalue weighted by molar-refractivity contribution is 6.34. The normalized spacial score (nSPS) is 10.5. The minimum Gasteiger partial charge on any atom is -0.465 e. The second-order valence-electron chi connectivity index (χ2n) is 2.83. The SMILES string of the molecule is COC(=O)c1cc2[nH]c(=O)oc2cc1Cl. The number of H-pyrrole nitrogens is 1. The topological polar surface area (TPSA) is 72.3 Å². The molecule has 1 aromatic carbocycles. The number of hydrogen-bond donors (Lipinski definition) is 1. The summed E-state index contributed by atoms with van der Waals surface area (Å²) in [6.07, 6.45) is 0. The number of carbonyl (C=O) groups excluding carboxylic acids is 1. The molecule has 0 aliphatic heterocycles. The van der Waals surface area contributed by atoms with Crippen LogP contribution in [0.1, 0.15) is 10.4 Å². The Morgan fingerprint density at radius 3 is 2.93 bits per heavy atom. The summed E-state index contributed by atoms with van der Waals surface area (Å²) in [7, 11) is 1.25. The van der Waals surface area contributed by atoms with E-state index in [1.54, 1.807) is 0 Å². The Bertz CT molecular complexity index is 583. The summed E-state index contributed by atoms with van der Waals surface area (Å²) in [6, 6.07) is 2.80. The molecule has 0 spiro atoms. The van der Waals surface area contributed by atoms with Crippen LogP contribution in [0.25, 0.3) is 11.1 Å². The predicted octanol–water partition coefficient (Wildman–Crippen LogP) is 1.56. The number of fused-ring (bicyclic) bond motifs is 1. The molecule has 0 fully saturated rings. The zero-order valence-electron chi connectivity index (χ0n) is 7.67. The summed E-state index contributed by atoms with van der Waals surface area (Å²) in [6.45, 7) is 0. The van der Waals surface area contributed by atoms with Crippen LogP contribution in [0.3, 0.4) is 0 Å². The van der Waals surface area contributed by atoms with Crippen molar-refractivity contribution in [1.82, 2.24) is 4.98 Å². The number of ether oxygens (including phenoxy) is 1. The van der Waals surface area contributed by atoms with Gasteiger partial charge in [0.25, 0.3) is 0 Å². The molecule has 0 atom stereocenters. The highest BCUT2D eigenvalue weighted by Gasteiger charge is 2.13. The van der Waals surface area contributed by atoms with E-state index in [2.05, 4.69) is 9.72 Å². The first-order valence-corrected chi connectivity index (χ1v) is 4.40. The van der Waals surface area contributed by atoms with Gasteiger partial charge in [0.05, 0.1) is 23.2 Å². The van der Waals surface area contributed by atoms with E-state index in [1.807, 2.05) is 0 Å². The van der Waals surface area contributed by atoms with E-state index in [0.717, 1.165) is 0 Å². The molecule has 0 aliphatic carbocycles. The molecule has 1 aromatic heterocycles. The van der Waals surface area contributed by atoms with Crippen LogP contribution >= 0.6 is 11.6 Å². The third-order valence-electron chi connectivity index (χ3n) is 1.91. The van der Waals surface area contributed by atoms with Crippen molar-refractivity contribution in [3.8, 4) is 0 Å². The third kappa shape index (κ3) is 1.61. The lowest BCUT2D eigenvalue weighted by atomic mass is 10.2. The molecule has 0 unspecified atom stereocenters. The molecule has 2 rings (SSSR count). The van der Waals surface area contributed by atoms with E-state index in [0.29, 0.717) is 11.1 Å². The van der Waals surface area contributed by atoms with Gasteiger partial charge in [0.1, 0.15) is 0 Å². The second-order valence-corrected chi connectivity index (χ2v) is 3.24. The summed E-state index contributed by atoms with van der Waals surface area (Å²) >= 11 is 5.81. The average Bonchev–Trinajstić information content (AvgIpc) is 2.55. The van der Waals surface area contributed by atoms with Crippen LogP contribution in [0.2, 0.25) is 5.02 Å². The Kier molecular flexibility index (Phi) is 2.24. The van der Waals surface area contributed by atoms with Crippen molar-refractivity contribution >= 4 is 28.7 Å². The predicted molar refractivity (Wildman–Crippen MR) is 53.2 cm³/mol. The van der Waals surface area contributed by atoms with Crippen molar-refractivity contribution < 1.29 is 13.9 Å². The van der Waals surface area contributed by atoms with Gasteiger partial charge < -0.3 is 9.15 Å². The monoisotopic (exact) mass is 227 g/mol. The molecule has 0 saturated carbocycles. The molecule has 2 aromatic rings. The summed E-state index contributed by atoms with van der Waals surface area (Å²) < 4.78 is 9.30. The van der Waals surface area contributed by atoms with Crippen molar-refractivity contribution in [2.75, 3.05) is 7.11 Å². The van der Waals surface area contributed by atoms with Gasteiger partial charge in [-0.15, -0.1) is 0 Å². The van der Waals surface area contributed by atoms with Gasteiger partial charge in [0.15, 0.2) is 5.58 Å². The fourth-order valence-corrected chi connectivity index (χ4v) is 1.47. The second kappa shape index (κ2) is 3.43. The van der Waals surface area contributed by atoms with Crippen LogP contribution < -0.4 is 5.76 Å². The highest BCUT2D eigenvalue weighted by atomic mass is 35.5. The number of aromatic nitrogens is 1. The van der Waals surface area contributed by atoms with Gasteiger partial charge in [-0.25, -0.2) is 9.59 Å². The minimum atomic E-state index is -0.594. The van der Waals surface area contributed by atoms with Gasteiger partial charge in [-0.2, -0.15) is 0 Å². The van der Waals surface area contributed by atoms with E-state index >= 15 is 0 Å². The number of benzene rings is 1. The van der Waals surface area contributed by atoms with Gasteiger partial charge in [-0.1, -0.05) is 11.6 Å². The largest absolute Gasteiger partial charge is 0.465 e. The first-order chi connectivity index (χ1) is 7.11. The molecule has 78 valence electrons. The Balaban J connectivity index is 2.71. The van der Waals surface area contributed by atoms with Crippen molar-refractivity contribution in [3.63, 3.8) is 0 Å². The molecular formula is C9H6ClNO4. The van der Waals surface area contributed by atoms with Gasteiger partial charge in [-0.3, -0.25) is 4.98 Å². The molecule has 0 saturated heterocycles. The van der Waals surface area contributed by atoms with E-state index < -0.39 is 11.7 Å². The summed E-state index contributed by atoms with van der Waals surface area (Å²) in [5.74, 6) is -1.16. The van der Waals surface area contributed by atoms with Crippen LogP contribution in [0.4, 0.5) is 0 Å². The maximum absolute atomic E-state index is 11.3. The number of oxazole rings is 1. The molecule has 0 radical (unpaired) electrons. The Hall–Kier alpha value is -1.75. The fraction of sp³-hybridized carbons (Fsp3) is 0.111. The lowest BCUT2D eigenvalue weighted by molar-refractivity contribution is 0.0601. The molecule has 0 bridgehead atoms. The number of methoxy groups -OCH3 is 1. The summed E-state index contributed by atoms with van der Waals surface area (Å²) in [5.41, 5.74) is 0.895. The third-order valence-corrected chi connectivity index (χ3v) is 2.23. The quantitative estimate of drug-likeness (QED) is 0.751. The smallest absolute Gasteiger partial charge is 0.417 e. The van der Waals surface area contributed by atoms with Gasteiger partial charge in [-0.05, 0) is 6.07 Å². The van der Waals surface area contributed by atoms with E-state index in [4.69, 9.17) is 16.0 Å². The molecule has 1 heterocycles. The number of carbonyl (C=O) groups is 1. The summed E-state index contributed by atoms with van der Waals surface area (Å²) in [5, 5.41) is 0.178. The Morgan fingerprint density at radius 2 is 2.27 bits per heavy atom. The van der Waals surface area contributed by atoms with Crippen LogP contribution in [-0.4, -0.2) is 18.1 Å². The van der Waals surface area contributed by atoms with E-state index in [1.165, 1.54) is 19.2 Å². The zero-order chi connectivity index (χ0) is 11.0. The van der Waals surface area contributed by atoms with Gasteiger partial charge in [0, 0.05) is 6.07 Å². The maximum atomic E-state index is 11.3. The van der Waals surface area contributed by atoms with Crippen molar-refractivity contribution in [2.24, 2.45) is 0 Å². The zero-order valence-corrected chi connectivity index (χ0v) is 8.42. The van der Waals surface area contributed by atoms with Crippen molar-refractivity contribution in [2.45, 2.75) is 0 Å². The lowest BCUT2D eigenvalue weighted by Gasteiger charge is -2.00. The number of esters is 1. The van der Waals surface area contributed by atoms with Crippen LogP contribution in [0.5, 0.6) is 0 Å².